The second kappa shape index (κ2) is 7.08. The molecule has 0 unspecified atom stereocenters. The van der Waals surface area contributed by atoms with Crippen LogP contribution in [0.2, 0.25) is 0 Å². The predicted molar refractivity (Wildman–Crippen MR) is 68.3 cm³/mol. The van der Waals surface area contributed by atoms with Crippen molar-refractivity contribution in [3.63, 3.8) is 0 Å². The molecular formula is C16H16Y-2. The van der Waals surface area contributed by atoms with Crippen molar-refractivity contribution in [1.82, 2.24) is 0 Å². The monoisotopic (exact) mass is 297 g/mol. The van der Waals surface area contributed by atoms with Crippen LogP contribution in [0.4, 0.5) is 0 Å². The molecular weight excluding hydrogens is 281 g/mol. The standard InChI is InChI=1S/C16H16.Y/c1-3-13-8-7-10-15(12-13)16-11-6-5-9-14(16)4-2;/h5-9,12H,3-4H2,1-2H3;/q-2;. The Morgan fingerprint density at radius 2 is 1.82 bits per heavy atom. The van der Waals surface area contributed by atoms with Crippen molar-refractivity contribution in [2.75, 3.05) is 0 Å². The second-order valence-corrected chi connectivity index (χ2v) is 3.89. The fourth-order valence-corrected chi connectivity index (χ4v) is 1.90. The first kappa shape index (κ1) is 14.6. The van der Waals surface area contributed by atoms with Gasteiger partial charge in [0, 0.05) is 32.7 Å². The summed E-state index contributed by atoms with van der Waals surface area (Å²) in [4.78, 5) is 0. The zero-order valence-corrected chi connectivity index (χ0v) is 13.3. The Hall–Kier alpha value is -0.456. The minimum absolute atomic E-state index is 0. The van der Waals surface area contributed by atoms with E-state index >= 15 is 0 Å². The summed E-state index contributed by atoms with van der Waals surface area (Å²) in [6.07, 6.45) is 2.10. The topological polar surface area (TPSA) is 0 Å². The molecule has 0 nitrogen and oxygen atoms in total. The third kappa shape index (κ3) is 3.50. The number of rotatable bonds is 3. The third-order valence-corrected chi connectivity index (χ3v) is 2.87. The molecule has 1 heteroatoms. The molecule has 0 bridgehead atoms. The van der Waals surface area contributed by atoms with E-state index in [1.54, 1.807) is 0 Å². The SMILES string of the molecule is CCc1cc[c-]c(-c2[c-]cccc2CC)c1.[Y]. The molecule has 2 aromatic rings. The molecule has 17 heavy (non-hydrogen) atoms. The zero-order valence-electron chi connectivity index (χ0n) is 10.5. The maximum atomic E-state index is 3.32. The van der Waals surface area contributed by atoms with Crippen LogP contribution in [-0.4, -0.2) is 0 Å². The van der Waals surface area contributed by atoms with Gasteiger partial charge < -0.3 is 0 Å². The van der Waals surface area contributed by atoms with Gasteiger partial charge in [0.1, 0.15) is 0 Å². The van der Waals surface area contributed by atoms with Crippen LogP contribution < -0.4 is 0 Å². The molecule has 0 fully saturated rings. The Morgan fingerprint density at radius 1 is 1.00 bits per heavy atom. The van der Waals surface area contributed by atoms with Crippen molar-refractivity contribution in [2.24, 2.45) is 0 Å². The maximum Gasteiger partial charge on any atom is 0 e. The molecule has 0 spiro atoms. The molecule has 2 aromatic carbocycles. The normalized spacial score (nSPS) is 9.76. The second-order valence-electron chi connectivity index (χ2n) is 3.89. The van der Waals surface area contributed by atoms with Gasteiger partial charge in [0.15, 0.2) is 0 Å². The molecule has 85 valence electrons. The van der Waals surface area contributed by atoms with Crippen molar-refractivity contribution in [2.45, 2.75) is 26.7 Å². The first-order valence-corrected chi connectivity index (χ1v) is 5.85. The van der Waals surface area contributed by atoms with Gasteiger partial charge >= 0.3 is 0 Å². The summed E-state index contributed by atoms with van der Waals surface area (Å²) in [5.41, 5.74) is 5.05. The molecule has 0 saturated heterocycles. The van der Waals surface area contributed by atoms with Gasteiger partial charge in [-0.1, -0.05) is 20.3 Å². The maximum absolute atomic E-state index is 3.32. The fourth-order valence-electron chi connectivity index (χ4n) is 1.90. The van der Waals surface area contributed by atoms with Gasteiger partial charge in [0.2, 0.25) is 0 Å². The van der Waals surface area contributed by atoms with E-state index in [1.165, 1.54) is 16.7 Å². The van der Waals surface area contributed by atoms with E-state index < -0.39 is 0 Å². The number of hydrogen-bond acceptors (Lipinski definition) is 0. The molecule has 0 aliphatic carbocycles. The largest absolute Gasteiger partial charge is 0.226 e. The molecule has 1 radical (unpaired) electrons. The average Bonchev–Trinajstić information content (AvgIpc) is 2.38. The predicted octanol–water partition coefficient (Wildman–Crippen LogP) is 4.08. The van der Waals surface area contributed by atoms with Crippen molar-refractivity contribution >= 4 is 0 Å². The summed E-state index contributed by atoms with van der Waals surface area (Å²) in [5, 5.41) is 0. The summed E-state index contributed by atoms with van der Waals surface area (Å²) in [5.74, 6) is 0. The summed E-state index contributed by atoms with van der Waals surface area (Å²) in [6.45, 7) is 4.35. The fraction of sp³-hybridized carbons (Fsp3) is 0.250. The van der Waals surface area contributed by atoms with Crippen LogP contribution in [0, 0.1) is 12.1 Å². The minimum Gasteiger partial charge on any atom is -0.226 e. The van der Waals surface area contributed by atoms with E-state index in [-0.39, 0.29) is 32.7 Å². The number of aryl methyl sites for hydroxylation is 2. The van der Waals surface area contributed by atoms with Crippen LogP contribution >= 0.6 is 0 Å². The first-order chi connectivity index (χ1) is 7.85. The van der Waals surface area contributed by atoms with Crippen LogP contribution in [0.15, 0.2) is 36.4 Å². The molecule has 0 N–H and O–H groups in total. The molecule has 0 saturated carbocycles. The average molecular weight is 297 g/mol. The van der Waals surface area contributed by atoms with E-state index in [9.17, 15) is 0 Å². The van der Waals surface area contributed by atoms with Crippen molar-refractivity contribution < 1.29 is 32.7 Å². The molecule has 0 aromatic heterocycles. The Morgan fingerprint density at radius 3 is 2.53 bits per heavy atom. The van der Waals surface area contributed by atoms with Gasteiger partial charge in [-0.25, -0.2) is 11.1 Å². The molecule has 2 rings (SSSR count). The Bertz CT molecular complexity index is 474. The Balaban J connectivity index is 0.00000144. The molecule has 0 aliphatic rings. The van der Waals surface area contributed by atoms with E-state index in [4.69, 9.17) is 0 Å². The zero-order chi connectivity index (χ0) is 11.4. The van der Waals surface area contributed by atoms with E-state index in [0.29, 0.717) is 0 Å². The van der Waals surface area contributed by atoms with E-state index in [2.05, 4.69) is 44.2 Å². The molecule has 0 atom stereocenters. The Labute approximate surface area is 129 Å². The van der Waals surface area contributed by atoms with E-state index in [1.807, 2.05) is 18.2 Å². The minimum atomic E-state index is 0. The molecule has 0 aliphatic heterocycles. The summed E-state index contributed by atoms with van der Waals surface area (Å²) < 4.78 is 0. The van der Waals surface area contributed by atoms with Gasteiger partial charge in [0.25, 0.3) is 0 Å². The number of benzene rings is 2. The van der Waals surface area contributed by atoms with Crippen molar-refractivity contribution in [1.29, 1.82) is 0 Å². The summed E-state index contributed by atoms with van der Waals surface area (Å²) in [7, 11) is 0. The first-order valence-electron chi connectivity index (χ1n) is 5.85. The molecule has 0 amide bonds. The van der Waals surface area contributed by atoms with Crippen molar-refractivity contribution in [3.05, 3.63) is 59.7 Å². The van der Waals surface area contributed by atoms with E-state index in [0.717, 1.165) is 18.4 Å². The van der Waals surface area contributed by atoms with Crippen LogP contribution in [-0.2, 0) is 45.6 Å². The van der Waals surface area contributed by atoms with Crippen LogP contribution in [0.5, 0.6) is 0 Å². The Kier molecular flexibility index (Phi) is 6.09. The van der Waals surface area contributed by atoms with Gasteiger partial charge in [-0.3, -0.25) is 0 Å². The number of hydrogen-bond donors (Lipinski definition) is 0. The summed E-state index contributed by atoms with van der Waals surface area (Å²) >= 11 is 0. The van der Waals surface area contributed by atoms with Gasteiger partial charge in [0.05, 0.1) is 0 Å². The smallest absolute Gasteiger partial charge is 0 e. The van der Waals surface area contributed by atoms with Gasteiger partial charge in [-0.15, -0.1) is 17.7 Å². The van der Waals surface area contributed by atoms with Crippen LogP contribution in [0.1, 0.15) is 25.0 Å². The van der Waals surface area contributed by atoms with Gasteiger partial charge in [-0.2, -0.15) is 42.0 Å². The van der Waals surface area contributed by atoms with Crippen LogP contribution in [0.3, 0.4) is 0 Å². The quantitative estimate of drug-likeness (QED) is 0.749. The third-order valence-electron chi connectivity index (χ3n) is 2.87. The van der Waals surface area contributed by atoms with Gasteiger partial charge in [-0.05, 0) is 6.42 Å². The van der Waals surface area contributed by atoms with Crippen LogP contribution in [0.25, 0.3) is 11.1 Å². The molecule has 0 heterocycles. The summed E-state index contributed by atoms with van der Waals surface area (Å²) in [6, 6.07) is 19.2. The van der Waals surface area contributed by atoms with Crippen molar-refractivity contribution in [3.8, 4) is 11.1 Å².